The Hall–Kier alpha value is -2.63. The summed E-state index contributed by atoms with van der Waals surface area (Å²) in [5, 5.41) is 6.56. The van der Waals surface area contributed by atoms with Crippen molar-refractivity contribution in [3.05, 3.63) is 53.3 Å². The predicted octanol–water partition coefficient (Wildman–Crippen LogP) is 1.18. The van der Waals surface area contributed by atoms with E-state index in [1.165, 1.54) is 6.07 Å². The summed E-state index contributed by atoms with van der Waals surface area (Å²) in [5.74, 6) is -0.676. The maximum Gasteiger partial charge on any atom is 0.338 e. The Morgan fingerprint density at radius 3 is 2.76 bits per heavy atom. The van der Waals surface area contributed by atoms with Gasteiger partial charge in [-0.15, -0.1) is 0 Å². The minimum absolute atomic E-state index is 0.236. The smallest absolute Gasteiger partial charge is 0.338 e. The molecule has 0 bridgehead atoms. The number of hydrogen-bond donors (Lipinski definition) is 1. The largest absolute Gasteiger partial charge is 0.462 e. The van der Waals surface area contributed by atoms with Crippen LogP contribution >= 0.6 is 0 Å². The Balaban J connectivity index is 1.92. The van der Waals surface area contributed by atoms with Gasteiger partial charge in [-0.05, 0) is 23.8 Å². The number of rotatable bonds is 5. The summed E-state index contributed by atoms with van der Waals surface area (Å²) in [6.07, 6.45) is 4.22. The molecule has 0 aliphatic carbocycles. The van der Waals surface area contributed by atoms with Gasteiger partial charge in [0, 0.05) is 32.3 Å². The zero-order valence-electron chi connectivity index (χ0n) is 12.0. The van der Waals surface area contributed by atoms with Crippen LogP contribution in [0.3, 0.4) is 0 Å². The number of carbonyl (C=O) groups excluding carboxylic acids is 2. The average Bonchev–Trinajstić information content (AvgIpc) is 2.92. The molecule has 0 spiro atoms. The van der Waals surface area contributed by atoms with Gasteiger partial charge in [-0.25, -0.2) is 4.79 Å². The van der Waals surface area contributed by atoms with Gasteiger partial charge in [0.25, 0.3) is 5.91 Å². The van der Waals surface area contributed by atoms with E-state index < -0.39 is 5.97 Å². The maximum absolute atomic E-state index is 11.9. The van der Waals surface area contributed by atoms with E-state index in [0.29, 0.717) is 17.5 Å². The van der Waals surface area contributed by atoms with E-state index in [-0.39, 0.29) is 12.5 Å². The molecule has 0 saturated carbocycles. The molecule has 1 heterocycles. The Kier molecular flexibility index (Phi) is 4.71. The Morgan fingerprint density at radius 1 is 1.33 bits per heavy atom. The summed E-state index contributed by atoms with van der Waals surface area (Å²) in [6, 6.07) is 6.44. The molecule has 0 radical (unpaired) electrons. The van der Waals surface area contributed by atoms with Crippen LogP contribution in [-0.2, 0) is 18.2 Å². The van der Waals surface area contributed by atoms with Gasteiger partial charge in [0.2, 0.25) is 0 Å². The van der Waals surface area contributed by atoms with Crippen molar-refractivity contribution < 1.29 is 14.3 Å². The number of carbonyl (C=O) groups is 2. The fourth-order valence-corrected chi connectivity index (χ4v) is 1.88. The Labute approximate surface area is 122 Å². The number of hydrogen-bond acceptors (Lipinski definition) is 4. The van der Waals surface area contributed by atoms with Crippen LogP contribution in [-0.4, -0.2) is 35.3 Å². The van der Waals surface area contributed by atoms with Crippen LogP contribution in [0.15, 0.2) is 36.7 Å². The molecule has 1 aromatic carbocycles. The van der Waals surface area contributed by atoms with E-state index >= 15 is 0 Å². The number of benzene rings is 1. The fraction of sp³-hybridized carbons (Fsp3) is 0.267. The normalized spacial score (nSPS) is 10.2. The molecule has 0 aliphatic heterocycles. The van der Waals surface area contributed by atoms with Gasteiger partial charge in [-0.3, -0.25) is 9.48 Å². The van der Waals surface area contributed by atoms with E-state index in [4.69, 9.17) is 4.74 Å². The lowest BCUT2D eigenvalue weighted by Gasteiger charge is -2.05. The van der Waals surface area contributed by atoms with Crippen LogP contribution in [0.1, 0.15) is 26.3 Å². The standard InChI is InChI=1S/C15H17N3O3/c1-16-14(19)12-4-3-5-13(8-12)15(20)21-7-6-11-9-17-18(2)10-11/h3-5,8-10H,6-7H2,1-2H3,(H,16,19). The molecule has 1 N–H and O–H groups in total. The number of aryl methyl sites for hydroxylation is 1. The second kappa shape index (κ2) is 6.69. The Bertz CT molecular complexity index is 649. The third kappa shape index (κ3) is 3.92. The lowest BCUT2D eigenvalue weighted by molar-refractivity contribution is 0.0509. The molecular weight excluding hydrogens is 270 g/mol. The van der Waals surface area contributed by atoms with Crippen molar-refractivity contribution in [3.63, 3.8) is 0 Å². The van der Waals surface area contributed by atoms with Crippen molar-refractivity contribution in [1.29, 1.82) is 0 Å². The van der Waals surface area contributed by atoms with Gasteiger partial charge < -0.3 is 10.1 Å². The molecular formula is C15H17N3O3. The van der Waals surface area contributed by atoms with Crippen molar-refractivity contribution in [2.45, 2.75) is 6.42 Å². The molecule has 0 unspecified atom stereocenters. The van der Waals surface area contributed by atoms with Gasteiger partial charge in [0.1, 0.15) is 0 Å². The first-order valence-corrected chi connectivity index (χ1v) is 6.57. The minimum Gasteiger partial charge on any atom is -0.462 e. The van der Waals surface area contributed by atoms with Gasteiger partial charge in [0.15, 0.2) is 0 Å². The number of nitrogens with one attached hydrogen (secondary N) is 1. The Morgan fingerprint density at radius 2 is 2.10 bits per heavy atom. The van der Waals surface area contributed by atoms with Crippen molar-refractivity contribution >= 4 is 11.9 Å². The van der Waals surface area contributed by atoms with Crippen molar-refractivity contribution in [3.8, 4) is 0 Å². The van der Waals surface area contributed by atoms with Crippen LogP contribution < -0.4 is 5.32 Å². The summed E-state index contributed by atoms with van der Waals surface area (Å²) >= 11 is 0. The van der Waals surface area contributed by atoms with E-state index in [1.807, 2.05) is 13.2 Å². The molecule has 0 aliphatic rings. The van der Waals surface area contributed by atoms with Crippen LogP contribution in [0.2, 0.25) is 0 Å². The fourth-order valence-electron chi connectivity index (χ4n) is 1.88. The highest BCUT2D eigenvalue weighted by atomic mass is 16.5. The van der Waals surface area contributed by atoms with Crippen LogP contribution in [0.4, 0.5) is 0 Å². The van der Waals surface area contributed by atoms with E-state index in [0.717, 1.165) is 5.56 Å². The second-order valence-electron chi connectivity index (χ2n) is 4.57. The van der Waals surface area contributed by atoms with Crippen molar-refractivity contribution in [2.75, 3.05) is 13.7 Å². The van der Waals surface area contributed by atoms with Crippen molar-refractivity contribution in [2.24, 2.45) is 7.05 Å². The van der Waals surface area contributed by atoms with E-state index in [1.54, 1.807) is 36.1 Å². The zero-order chi connectivity index (χ0) is 15.2. The molecule has 1 aromatic heterocycles. The third-order valence-electron chi connectivity index (χ3n) is 2.97. The summed E-state index contributed by atoms with van der Waals surface area (Å²) in [7, 11) is 3.38. The number of amides is 1. The molecule has 6 heteroatoms. The molecule has 0 fully saturated rings. The molecule has 6 nitrogen and oxygen atoms in total. The second-order valence-corrected chi connectivity index (χ2v) is 4.57. The number of esters is 1. The molecule has 21 heavy (non-hydrogen) atoms. The predicted molar refractivity (Wildman–Crippen MR) is 77.0 cm³/mol. The lowest BCUT2D eigenvalue weighted by Crippen LogP contribution is -2.18. The van der Waals surface area contributed by atoms with E-state index in [2.05, 4.69) is 10.4 Å². The highest BCUT2D eigenvalue weighted by Gasteiger charge is 2.10. The van der Waals surface area contributed by atoms with Gasteiger partial charge >= 0.3 is 5.97 Å². The molecule has 2 aromatic rings. The van der Waals surface area contributed by atoms with Crippen LogP contribution in [0.25, 0.3) is 0 Å². The quantitative estimate of drug-likeness (QED) is 0.838. The summed E-state index contributed by atoms with van der Waals surface area (Å²) in [6.45, 7) is 0.273. The zero-order valence-corrected chi connectivity index (χ0v) is 12.0. The van der Waals surface area contributed by atoms with Crippen LogP contribution in [0.5, 0.6) is 0 Å². The third-order valence-corrected chi connectivity index (χ3v) is 2.97. The lowest BCUT2D eigenvalue weighted by atomic mass is 10.1. The SMILES string of the molecule is CNC(=O)c1cccc(C(=O)OCCc2cnn(C)c2)c1. The highest BCUT2D eigenvalue weighted by molar-refractivity contribution is 5.97. The summed E-state index contributed by atoms with van der Waals surface area (Å²) < 4.78 is 6.90. The number of nitrogens with zero attached hydrogens (tertiary/aromatic N) is 2. The van der Waals surface area contributed by atoms with Crippen molar-refractivity contribution in [1.82, 2.24) is 15.1 Å². The summed E-state index contributed by atoms with van der Waals surface area (Å²) in [4.78, 5) is 23.4. The van der Waals surface area contributed by atoms with Gasteiger partial charge in [-0.2, -0.15) is 5.10 Å². The first kappa shape index (κ1) is 14.8. The maximum atomic E-state index is 11.9. The van der Waals surface area contributed by atoms with E-state index in [9.17, 15) is 9.59 Å². The first-order valence-electron chi connectivity index (χ1n) is 6.57. The molecule has 1 amide bonds. The van der Waals surface area contributed by atoms with Gasteiger partial charge in [0.05, 0.1) is 18.4 Å². The average molecular weight is 287 g/mol. The first-order chi connectivity index (χ1) is 10.1. The molecule has 2 rings (SSSR count). The highest BCUT2D eigenvalue weighted by Crippen LogP contribution is 2.07. The minimum atomic E-state index is -0.440. The monoisotopic (exact) mass is 287 g/mol. The number of aromatic nitrogens is 2. The molecule has 0 saturated heterocycles. The molecule has 0 atom stereocenters. The summed E-state index contributed by atoms with van der Waals surface area (Å²) in [5.41, 5.74) is 1.80. The molecule has 110 valence electrons. The van der Waals surface area contributed by atoms with Crippen LogP contribution in [0, 0.1) is 0 Å². The van der Waals surface area contributed by atoms with Gasteiger partial charge in [-0.1, -0.05) is 6.07 Å². The number of ether oxygens (including phenoxy) is 1. The topological polar surface area (TPSA) is 73.2 Å².